The molecule has 1 heterocycles. The minimum atomic E-state index is 0.0576. The van der Waals surface area contributed by atoms with Gasteiger partial charge in [-0.2, -0.15) is 0 Å². The topological polar surface area (TPSA) is 29.5 Å². The van der Waals surface area contributed by atoms with Crippen LogP contribution in [0.4, 0.5) is 0 Å². The maximum absolute atomic E-state index is 12.9. The molecule has 0 N–H and O–H groups in total. The molecule has 3 nitrogen and oxygen atoms in total. The number of ether oxygens (including phenoxy) is 1. The van der Waals surface area contributed by atoms with Gasteiger partial charge in [0.15, 0.2) is 0 Å². The average Bonchev–Trinajstić information content (AvgIpc) is 3.04. The van der Waals surface area contributed by atoms with Crippen LogP contribution >= 0.6 is 11.8 Å². The fraction of sp³-hybridized carbons (Fsp3) is 0.278. The summed E-state index contributed by atoms with van der Waals surface area (Å²) in [5.41, 5.74) is 2.93. The van der Waals surface area contributed by atoms with E-state index < -0.39 is 0 Å². The van der Waals surface area contributed by atoms with Crippen molar-refractivity contribution >= 4 is 17.7 Å². The molecule has 114 valence electrons. The standard InChI is InChI=1S/C18H19NO2S/c1-13-6-3-4-9-16(13)17(20)19-10-11-22-18(19)14-7-5-8-15(12-14)21-2/h3-9,12,18H,10-11H2,1-2H3/t18-/m1/s1. The summed E-state index contributed by atoms with van der Waals surface area (Å²) < 4.78 is 5.30. The maximum atomic E-state index is 12.9. The first-order chi connectivity index (χ1) is 10.7. The number of carbonyl (C=O) groups excluding carboxylic acids is 1. The molecule has 1 aliphatic rings. The molecule has 2 aromatic carbocycles. The molecule has 0 saturated carbocycles. The van der Waals surface area contributed by atoms with Crippen molar-refractivity contribution in [2.24, 2.45) is 0 Å². The van der Waals surface area contributed by atoms with Crippen molar-refractivity contribution in [2.45, 2.75) is 12.3 Å². The van der Waals surface area contributed by atoms with Crippen LogP contribution in [0.2, 0.25) is 0 Å². The second kappa shape index (κ2) is 6.44. The number of nitrogens with zero attached hydrogens (tertiary/aromatic N) is 1. The Morgan fingerprint density at radius 1 is 1.23 bits per heavy atom. The van der Waals surface area contributed by atoms with E-state index in [0.29, 0.717) is 0 Å². The lowest BCUT2D eigenvalue weighted by atomic mass is 10.1. The first kappa shape index (κ1) is 15.0. The molecular formula is C18H19NO2S. The summed E-state index contributed by atoms with van der Waals surface area (Å²) in [6, 6.07) is 15.7. The van der Waals surface area contributed by atoms with Gasteiger partial charge in [0.2, 0.25) is 0 Å². The lowest BCUT2D eigenvalue weighted by Crippen LogP contribution is -2.30. The molecule has 0 aromatic heterocycles. The third-order valence-corrected chi connectivity index (χ3v) is 5.17. The van der Waals surface area contributed by atoms with E-state index in [1.165, 1.54) is 0 Å². The van der Waals surface area contributed by atoms with Gasteiger partial charge in [0, 0.05) is 17.9 Å². The zero-order valence-electron chi connectivity index (χ0n) is 12.8. The lowest BCUT2D eigenvalue weighted by molar-refractivity contribution is 0.0759. The number of rotatable bonds is 3. The molecular weight excluding hydrogens is 294 g/mol. The van der Waals surface area contributed by atoms with Crippen molar-refractivity contribution in [3.63, 3.8) is 0 Å². The van der Waals surface area contributed by atoms with Gasteiger partial charge >= 0.3 is 0 Å². The monoisotopic (exact) mass is 313 g/mol. The second-order valence-electron chi connectivity index (χ2n) is 5.31. The van der Waals surface area contributed by atoms with Crippen LogP contribution in [0, 0.1) is 6.92 Å². The Balaban J connectivity index is 1.90. The summed E-state index contributed by atoms with van der Waals surface area (Å²) in [4.78, 5) is 14.8. The van der Waals surface area contributed by atoms with E-state index in [1.54, 1.807) is 18.9 Å². The van der Waals surface area contributed by atoms with E-state index in [9.17, 15) is 4.79 Å². The van der Waals surface area contributed by atoms with Crippen molar-refractivity contribution in [1.29, 1.82) is 0 Å². The normalized spacial score (nSPS) is 17.5. The summed E-state index contributed by atoms with van der Waals surface area (Å²) in [5, 5.41) is 0.0576. The number of amides is 1. The molecule has 2 aromatic rings. The van der Waals surface area contributed by atoms with Gasteiger partial charge in [-0.15, -0.1) is 11.8 Å². The van der Waals surface area contributed by atoms with Gasteiger partial charge in [0.1, 0.15) is 11.1 Å². The largest absolute Gasteiger partial charge is 0.497 e. The molecule has 0 spiro atoms. The van der Waals surface area contributed by atoms with Crippen LogP contribution in [-0.4, -0.2) is 30.2 Å². The van der Waals surface area contributed by atoms with Crippen LogP contribution in [0.25, 0.3) is 0 Å². The second-order valence-corrected chi connectivity index (χ2v) is 6.50. The minimum absolute atomic E-state index is 0.0576. The molecule has 0 unspecified atom stereocenters. The maximum Gasteiger partial charge on any atom is 0.255 e. The van der Waals surface area contributed by atoms with E-state index in [4.69, 9.17) is 4.74 Å². The lowest BCUT2D eigenvalue weighted by Gasteiger charge is -2.25. The molecule has 4 heteroatoms. The molecule has 1 amide bonds. The van der Waals surface area contributed by atoms with E-state index in [-0.39, 0.29) is 11.3 Å². The highest BCUT2D eigenvalue weighted by atomic mass is 32.2. The van der Waals surface area contributed by atoms with Gasteiger partial charge in [-0.05, 0) is 36.2 Å². The smallest absolute Gasteiger partial charge is 0.255 e. The molecule has 1 atom stereocenters. The predicted octanol–water partition coefficient (Wildman–Crippen LogP) is 3.89. The third-order valence-electron chi connectivity index (χ3n) is 3.91. The number of hydrogen-bond acceptors (Lipinski definition) is 3. The molecule has 22 heavy (non-hydrogen) atoms. The number of carbonyl (C=O) groups is 1. The molecule has 1 aliphatic heterocycles. The van der Waals surface area contributed by atoms with Crippen molar-refractivity contribution in [1.82, 2.24) is 4.90 Å². The van der Waals surface area contributed by atoms with Crippen molar-refractivity contribution in [3.05, 3.63) is 65.2 Å². The van der Waals surface area contributed by atoms with Gasteiger partial charge < -0.3 is 9.64 Å². The van der Waals surface area contributed by atoms with Crippen LogP contribution in [0.5, 0.6) is 5.75 Å². The first-order valence-electron chi connectivity index (χ1n) is 7.33. The minimum Gasteiger partial charge on any atom is -0.497 e. The Kier molecular flexibility index (Phi) is 4.39. The Labute approximate surface area is 135 Å². The zero-order chi connectivity index (χ0) is 15.5. The number of benzene rings is 2. The zero-order valence-corrected chi connectivity index (χ0v) is 13.6. The molecule has 1 fully saturated rings. The summed E-state index contributed by atoms with van der Waals surface area (Å²) in [6.45, 7) is 2.76. The average molecular weight is 313 g/mol. The molecule has 0 radical (unpaired) electrons. The van der Waals surface area contributed by atoms with Gasteiger partial charge in [0.05, 0.1) is 7.11 Å². The highest BCUT2D eigenvalue weighted by Crippen LogP contribution is 2.39. The number of hydrogen-bond donors (Lipinski definition) is 0. The van der Waals surface area contributed by atoms with Gasteiger partial charge in [-0.25, -0.2) is 0 Å². The first-order valence-corrected chi connectivity index (χ1v) is 8.38. The highest BCUT2D eigenvalue weighted by molar-refractivity contribution is 7.99. The summed E-state index contributed by atoms with van der Waals surface area (Å²) >= 11 is 1.80. The Morgan fingerprint density at radius 3 is 2.82 bits per heavy atom. The van der Waals surface area contributed by atoms with Crippen LogP contribution in [0.15, 0.2) is 48.5 Å². The molecule has 1 saturated heterocycles. The molecule has 0 aliphatic carbocycles. The fourth-order valence-electron chi connectivity index (χ4n) is 2.72. The van der Waals surface area contributed by atoms with E-state index in [0.717, 1.165) is 34.7 Å². The van der Waals surface area contributed by atoms with E-state index in [1.807, 2.05) is 54.3 Å². The SMILES string of the molecule is COc1cccc([C@H]2SCCN2C(=O)c2ccccc2C)c1. The van der Waals surface area contributed by atoms with Crippen molar-refractivity contribution < 1.29 is 9.53 Å². The summed E-state index contributed by atoms with van der Waals surface area (Å²) in [5.74, 6) is 1.89. The number of methoxy groups -OCH3 is 1. The van der Waals surface area contributed by atoms with Crippen LogP contribution < -0.4 is 4.74 Å². The number of thioether (sulfide) groups is 1. The van der Waals surface area contributed by atoms with Crippen LogP contribution in [0.1, 0.15) is 26.9 Å². The summed E-state index contributed by atoms with van der Waals surface area (Å²) in [7, 11) is 1.66. The third kappa shape index (κ3) is 2.83. The van der Waals surface area contributed by atoms with Gasteiger partial charge in [0.25, 0.3) is 5.91 Å². The quantitative estimate of drug-likeness (QED) is 0.861. The Morgan fingerprint density at radius 2 is 2.05 bits per heavy atom. The van der Waals surface area contributed by atoms with E-state index in [2.05, 4.69) is 6.07 Å². The van der Waals surface area contributed by atoms with Crippen LogP contribution in [-0.2, 0) is 0 Å². The van der Waals surface area contributed by atoms with Crippen LogP contribution in [0.3, 0.4) is 0 Å². The van der Waals surface area contributed by atoms with Crippen molar-refractivity contribution in [2.75, 3.05) is 19.4 Å². The fourth-order valence-corrected chi connectivity index (χ4v) is 3.96. The van der Waals surface area contributed by atoms with E-state index >= 15 is 0 Å². The Hall–Kier alpha value is -1.94. The van der Waals surface area contributed by atoms with Gasteiger partial charge in [-0.1, -0.05) is 30.3 Å². The Bertz CT molecular complexity index is 686. The number of aryl methyl sites for hydroxylation is 1. The molecule has 0 bridgehead atoms. The predicted molar refractivity (Wildman–Crippen MR) is 90.4 cm³/mol. The van der Waals surface area contributed by atoms with Crippen molar-refractivity contribution in [3.8, 4) is 5.75 Å². The molecule has 3 rings (SSSR count). The highest BCUT2D eigenvalue weighted by Gasteiger charge is 2.31. The van der Waals surface area contributed by atoms with Gasteiger partial charge in [-0.3, -0.25) is 4.79 Å². The summed E-state index contributed by atoms with van der Waals surface area (Å²) in [6.07, 6.45) is 0.